The van der Waals surface area contributed by atoms with Gasteiger partial charge >= 0.3 is 6.72 Å². The lowest BCUT2D eigenvalue weighted by Gasteiger charge is -2.22. The molecule has 0 aliphatic carbocycles. The van der Waals surface area contributed by atoms with Gasteiger partial charge in [0.25, 0.3) is 5.91 Å². The molecule has 1 amide bonds. The Labute approximate surface area is 174 Å². The summed E-state index contributed by atoms with van der Waals surface area (Å²) in [6.45, 7) is 1.35. The van der Waals surface area contributed by atoms with Crippen LogP contribution in [0.25, 0.3) is 0 Å². The molecule has 0 aromatic heterocycles. The zero-order valence-corrected chi connectivity index (χ0v) is 19.1. The minimum absolute atomic E-state index is 0.311. The predicted octanol–water partition coefficient (Wildman–Crippen LogP) is 6.14. The number of carbonyl (C=O) groups is 1. The van der Waals surface area contributed by atoms with Crippen molar-refractivity contribution in [1.82, 2.24) is 0 Å². The van der Waals surface area contributed by atoms with Crippen LogP contribution in [-0.2, 0) is 20.9 Å². The Hall–Kier alpha value is -0.760. The van der Waals surface area contributed by atoms with Gasteiger partial charge in [-0.2, -0.15) is 0 Å². The van der Waals surface area contributed by atoms with E-state index in [9.17, 15) is 4.79 Å². The molecule has 0 saturated heterocycles. The third-order valence-corrected chi connectivity index (χ3v) is 6.47. The Bertz CT molecular complexity index is 824. The maximum absolute atomic E-state index is 12.8. The number of rotatable bonds is 8. The van der Waals surface area contributed by atoms with E-state index in [2.05, 4.69) is 37.2 Å². The zero-order valence-electron chi connectivity index (χ0n) is 14.2. The fourth-order valence-corrected chi connectivity index (χ4v) is 4.90. The second-order valence-corrected chi connectivity index (χ2v) is 9.75. The highest BCUT2D eigenvalue weighted by atomic mass is 79.9. The van der Waals surface area contributed by atoms with Gasteiger partial charge in [-0.25, -0.2) is 0 Å². The molecule has 2 aromatic carbocycles. The molecule has 0 heterocycles. The Morgan fingerprint density at radius 3 is 2.35 bits per heavy atom. The molecule has 0 aliphatic heterocycles. The molecule has 5 nitrogen and oxygen atoms in total. The fourth-order valence-electron chi connectivity index (χ4n) is 2.05. The highest BCUT2D eigenvalue weighted by Gasteiger charge is 2.24. The first kappa shape index (κ1) is 21.5. The number of hydrogen-bond acceptors (Lipinski definition) is 5. The number of anilines is 1. The van der Waals surface area contributed by atoms with Gasteiger partial charge in [0.05, 0.1) is 18.8 Å². The van der Waals surface area contributed by atoms with Crippen molar-refractivity contribution < 1.29 is 18.4 Å². The van der Waals surface area contributed by atoms with Gasteiger partial charge in [-0.05, 0) is 50.2 Å². The van der Waals surface area contributed by atoms with Crippen molar-refractivity contribution in [2.75, 3.05) is 18.5 Å². The van der Waals surface area contributed by atoms with Gasteiger partial charge < -0.3 is 9.84 Å². The number of carbonyl (C=O) groups excluding carboxylic acids is 1. The monoisotopic (exact) mass is 521 g/mol. The fraction of sp³-hybridized carbons (Fsp3) is 0.235. The van der Waals surface area contributed by atoms with Crippen LogP contribution in [0.3, 0.4) is 0 Å². The van der Waals surface area contributed by atoms with E-state index >= 15 is 0 Å². The minimum atomic E-state index is -2.98. The van der Waals surface area contributed by atoms with Gasteiger partial charge in [-0.3, -0.25) is 13.8 Å². The molecule has 0 bridgehead atoms. The first-order chi connectivity index (χ1) is 12.4. The van der Waals surface area contributed by atoms with Crippen molar-refractivity contribution in [2.24, 2.45) is 0 Å². The number of hydrogen-bond donors (Lipinski definition) is 1. The molecule has 9 heteroatoms. The van der Waals surface area contributed by atoms with Gasteiger partial charge in [0, 0.05) is 26.4 Å². The van der Waals surface area contributed by atoms with Crippen molar-refractivity contribution in [3.8, 4) is 5.75 Å². The summed E-state index contributed by atoms with van der Waals surface area (Å²) in [4.78, 5) is 12.8. The third kappa shape index (κ3) is 6.15. The second kappa shape index (κ2) is 9.97. The van der Waals surface area contributed by atoms with Crippen LogP contribution >= 0.6 is 38.6 Å². The molecular formula is C17H18Br2NO4PS. The van der Waals surface area contributed by atoms with Crippen molar-refractivity contribution >= 4 is 62.0 Å². The summed E-state index contributed by atoms with van der Waals surface area (Å²) in [5.41, 5.74) is 0.984. The van der Waals surface area contributed by atoms with Gasteiger partial charge in [-0.1, -0.05) is 37.9 Å². The van der Waals surface area contributed by atoms with Crippen LogP contribution in [0, 0.1) is 0 Å². The lowest BCUT2D eigenvalue weighted by atomic mass is 10.2. The summed E-state index contributed by atoms with van der Waals surface area (Å²) in [6, 6.07) is 12.4. The van der Waals surface area contributed by atoms with E-state index in [0.717, 1.165) is 8.95 Å². The number of amides is 1. The molecule has 140 valence electrons. The molecule has 0 unspecified atom stereocenters. The van der Waals surface area contributed by atoms with Crippen molar-refractivity contribution in [3.05, 3.63) is 57.0 Å². The SMILES string of the molecule is CCOP(=S)(OCC)Oc1ccc(Br)cc1C(=O)Nc1cccc(Br)c1. The number of benzene rings is 2. The molecule has 0 spiro atoms. The predicted molar refractivity (Wildman–Crippen MR) is 114 cm³/mol. The summed E-state index contributed by atoms with van der Waals surface area (Å²) in [5.74, 6) is -0.0140. The van der Waals surface area contributed by atoms with E-state index in [0.29, 0.717) is 30.2 Å². The van der Waals surface area contributed by atoms with Crippen molar-refractivity contribution in [2.45, 2.75) is 13.8 Å². The molecule has 0 atom stereocenters. The van der Waals surface area contributed by atoms with Gasteiger partial charge in [0.15, 0.2) is 0 Å². The Balaban J connectivity index is 2.31. The zero-order chi connectivity index (χ0) is 19.2. The molecule has 1 N–H and O–H groups in total. The van der Waals surface area contributed by atoms with Crippen molar-refractivity contribution in [3.63, 3.8) is 0 Å². The summed E-state index contributed by atoms with van der Waals surface area (Å²) >= 11 is 12.2. The molecule has 0 aliphatic rings. The topological polar surface area (TPSA) is 56.8 Å². The average Bonchev–Trinajstić information content (AvgIpc) is 2.57. The molecule has 2 rings (SSSR count). The number of nitrogens with one attached hydrogen (secondary N) is 1. The first-order valence-corrected chi connectivity index (χ1v) is 12.0. The smallest absolute Gasteiger partial charge is 0.380 e. The van der Waals surface area contributed by atoms with Gasteiger partial charge in [0.1, 0.15) is 5.75 Å². The summed E-state index contributed by atoms with van der Waals surface area (Å²) in [7, 11) is 0. The molecule has 0 radical (unpaired) electrons. The van der Waals surface area contributed by atoms with Gasteiger partial charge in [-0.15, -0.1) is 0 Å². The van der Waals surface area contributed by atoms with Crippen LogP contribution in [0.2, 0.25) is 0 Å². The van der Waals surface area contributed by atoms with Crippen LogP contribution in [0.4, 0.5) is 5.69 Å². The molecule has 26 heavy (non-hydrogen) atoms. The maximum Gasteiger partial charge on any atom is 0.380 e. The van der Waals surface area contributed by atoms with Crippen LogP contribution < -0.4 is 9.84 Å². The van der Waals surface area contributed by atoms with E-state index in [1.807, 2.05) is 26.0 Å². The lowest BCUT2D eigenvalue weighted by molar-refractivity contribution is 0.102. The Morgan fingerprint density at radius 1 is 1.08 bits per heavy atom. The Morgan fingerprint density at radius 2 is 1.73 bits per heavy atom. The van der Waals surface area contributed by atoms with E-state index in [1.165, 1.54) is 0 Å². The highest BCUT2D eigenvalue weighted by molar-refractivity contribution is 9.10. The standard InChI is InChI=1S/C17H18Br2NO4PS/c1-3-22-25(26,23-4-2)24-16-9-8-13(19)11-15(16)17(21)20-14-7-5-6-12(18)10-14/h5-11H,3-4H2,1-2H3,(H,20,21). The van der Waals surface area contributed by atoms with Crippen molar-refractivity contribution in [1.29, 1.82) is 0 Å². The summed E-state index contributed by atoms with van der Waals surface area (Å²) < 4.78 is 18.5. The second-order valence-electron chi connectivity index (χ2n) is 4.98. The van der Waals surface area contributed by atoms with Crippen LogP contribution in [0.1, 0.15) is 24.2 Å². The van der Waals surface area contributed by atoms with E-state index in [4.69, 9.17) is 25.4 Å². The van der Waals surface area contributed by atoms with E-state index < -0.39 is 6.72 Å². The van der Waals surface area contributed by atoms with E-state index in [1.54, 1.807) is 30.3 Å². The summed E-state index contributed by atoms with van der Waals surface area (Å²) in [5, 5.41) is 2.84. The number of halogens is 2. The van der Waals surface area contributed by atoms with E-state index in [-0.39, 0.29) is 5.91 Å². The Kier molecular flexibility index (Phi) is 8.26. The molecule has 0 fully saturated rings. The maximum atomic E-state index is 12.8. The lowest BCUT2D eigenvalue weighted by Crippen LogP contribution is -2.14. The third-order valence-electron chi connectivity index (χ3n) is 3.05. The minimum Gasteiger partial charge on any atom is -0.423 e. The van der Waals surface area contributed by atoms with Gasteiger partial charge in [0.2, 0.25) is 0 Å². The molecular weight excluding hydrogens is 505 g/mol. The van der Waals surface area contributed by atoms with Crippen LogP contribution in [0.15, 0.2) is 51.4 Å². The normalized spacial score (nSPS) is 11.2. The quantitative estimate of drug-likeness (QED) is 0.422. The highest BCUT2D eigenvalue weighted by Crippen LogP contribution is 2.50. The summed E-state index contributed by atoms with van der Waals surface area (Å²) in [6.07, 6.45) is 0. The average molecular weight is 523 g/mol. The first-order valence-electron chi connectivity index (χ1n) is 7.82. The van der Waals surface area contributed by atoms with Crippen LogP contribution in [0.5, 0.6) is 5.75 Å². The molecule has 2 aromatic rings. The largest absolute Gasteiger partial charge is 0.423 e. The van der Waals surface area contributed by atoms with Crippen LogP contribution in [-0.4, -0.2) is 19.1 Å². The molecule has 0 saturated carbocycles.